The summed E-state index contributed by atoms with van der Waals surface area (Å²) in [5, 5.41) is 17.6. The molecule has 2 aromatic heterocycles. The Morgan fingerprint density at radius 2 is 2.37 bits per heavy atom. The monoisotopic (exact) mass is 257 g/mol. The Morgan fingerprint density at radius 1 is 1.47 bits per heavy atom. The molecule has 0 radical (unpaired) electrons. The summed E-state index contributed by atoms with van der Waals surface area (Å²) in [7, 11) is 0. The quantitative estimate of drug-likeness (QED) is 0.641. The molecule has 0 aromatic carbocycles. The molecule has 0 saturated heterocycles. The molecule has 0 fully saturated rings. The number of pyridine rings is 1. The van der Waals surface area contributed by atoms with Crippen LogP contribution >= 0.6 is 0 Å². The summed E-state index contributed by atoms with van der Waals surface area (Å²) < 4.78 is 0. The van der Waals surface area contributed by atoms with Gasteiger partial charge in [0.25, 0.3) is 5.91 Å². The number of rotatable bonds is 3. The van der Waals surface area contributed by atoms with E-state index < -0.39 is 0 Å². The van der Waals surface area contributed by atoms with Crippen LogP contribution in [0, 0.1) is 11.8 Å². The minimum atomic E-state index is -0.362. The first-order valence-corrected chi connectivity index (χ1v) is 5.48. The molecule has 0 unspecified atom stereocenters. The summed E-state index contributed by atoms with van der Waals surface area (Å²) in [6, 6.07) is 3.34. The maximum Gasteiger partial charge on any atom is 0.271 e. The van der Waals surface area contributed by atoms with Crippen molar-refractivity contribution in [2.24, 2.45) is 0 Å². The summed E-state index contributed by atoms with van der Waals surface area (Å²) >= 11 is 0. The van der Waals surface area contributed by atoms with Crippen LogP contribution < -0.4 is 5.32 Å². The highest BCUT2D eigenvalue weighted by atomic mass is 16.2. The van der Waals surface area contributed by atoms with Gasteiger partial charge in [0.1, 0.15) is 24.5 Å². The van der Waals surface area contributed by atoms with E-state index in [4.69, 9.17) is 5.11 Å². The molecular formula is C12H11N5O2. The zero-order valence-corrected chi connectivity index (χ0v) is 9.92. The molecule has 2 rings (SSSR count). The SMILES string of the molecule is O=C(NCc1ncn[nH]1)c1ncccc1C#CCO. The number of carbonyl (C=O) groups is 1. The van der Waals surface area contributed by atoms with E-state index in [0.29, 0.717) is 11.4 Å². The summed E-state index contributed by atoms with van der Waals surface area (Å²) in [6.45, 7) is -0.0453. The van der Waals surface area contributed by atoms with Gasteiger partial charge < -0.3 is 10.4 Å². The lowest BCUT2D eigenvalue weighted by Gasteiger charge is -2.04. The van der Waals surface area contributed by atoms with Gasteiger partial charge in [0.15, 0.2) is 0 Å². The standard InChI is InChI=1S/C12H11N5O2/c18-6-2-4-9-3-1-5-13-11(9)12(19)14-7-10-15-8-16-17-10/h1,3,5,8,18H,6-7H2,(H,14,19)(H,15,16,17). The number of aliphatic hydroxyl groups excluding tert-OH is 1. The normalized spacial score (nSPS) is 9.53. The molecule has 2 aromatic rings. The van der Waals surface area contributed by atoms with Crippen LogP contribution in [0.15, 0.2) is 24.7 Å². The van der Waals surface area contributed by atoms with Gasteiger partial charge in [-0.1, -0.05) is 11.8 Å². The number of carbonyl (C=O) groups excluding carboxylic acids is 1. The average Bonchev–Trinajstić information content (AvgIpc) is 2.96. The lowest BCUT2D eigenvalue weighted by atomic mass is 10.2. The number of hydrogen-bond acceptors (Lipinski definition) is 5. The number of H-pyrrole nitrogens is 1. The molecule has 0 aliphatic carbocycles. The summed E-state index contributed by atoms with van der Waals surface area (Å²) in [6.07, 6.45) is 2.87. The average molecular weight is 257 g/mol. The van der Waals surface area contributed by atoms with Gasteiger partial charge in [-0.2, -0.15) is 5.10 Å². The molecule has 1 amide bonds. The number of aromatic nitrogens is 4. The van der Waals surface area contributed by atoms with E-state index in [-0.39, 0.29) is 24.8 Å². The Kier molecular flexibility index (Phi) is 4.21. The van der Waals surface area contributed by atoms with Gasteiger partial charge in [-0.15, -0.1) is 0 Å². The smallest absolute Gasteiger partial charge is 0.271 e. The summed E-state index contributed by atoms with van der Waals surface area (Å²) in [5.74, 6) is 5.35. The van der Waals surface area contributed by atoms with Crippen molar-refractivity contribution >= 4 is 5.91 Å². The molecule has 0 aliphatic rings. The van der Waals surface area contributed by atoms with Gasteiger partial charge >= 0.3 is 0 Å². The highest BCUT2D eigenvalue weighted by molar-refractivity contribution is 5.94. The van der Waals surface area contributed by atoms with Crippen molar-refractivity contribution in [3.63, 3.8) is 0 Å². The van der Waals surface area contributed by atoms with Gasteiger partial charge in [0, 0.05) is 6.20 Å². The van der Waals surface area contributed by atoms with Crippen LogP contribution in [0.4, 0.5) is 0 Å². The van der Waals surface area contributed by atoms with Crippen molar-refractivity contribution in [3.05, 3.63) is 41.7 Å². The van der Waals surface area contributed by atoms with Crippen LogP contribution in [-0.2, 0) is 6.54 Å². The molecule has 0 aliphatic heterocycles. The van der Waals surface area contributed by atoms with Gasteiger partial charge in [-0.3, -0.25) is 9.89 Å². The molecular weight excluding hydrogens is 246 g/mol. The fourth-order valence-corrected chi connectivity index (χ4v) is 1.39. The highest BCUT2D eigenvalue weighted by Crippen LogP contribution is 2.03. The summed E-state index contributed by atoms with van der Waals surface area (Å²) in [4.78, 5) is 19.8. The second-order valence-corrected chi connectivity index (χ2v) is 3.47. The van der Waals surface area contributed by atoms with Crippen molar-refractivity contribution in [2.45, 2.75) is 6.54 Å². The Labute approximate surface area is 109 Å². The third-order valence-electron chi connectivity index (χ3n) is 2.21. The fraction of sp³-hybridized carbons (Fsp3) is 0.167. The van der Waals surface area contributed by atoms with Crippen molar-refractivity contribution < 1.29 is 9.90 Å². The zero-order valence-electron chi connectivity index (χ0n) is 9.92. The first-order chi connectivity index (χ1) is 9.31. The fourth-order valence-electron chi connectivity index (χ4n) is 1.39. The minimum absolute atomic E-state index is 0.211. The number of aliphatic hydroxyl groups is 1. The molecule has 19 heavy (non-hydrogen) atoms. The molecule has 3 N–H and O–H groups in total. The Morgan fingerprint density at radius 3 is 3.11 bits per heavy atom. The highest BCUT2D eigenvalue weighted by Gasteiger charge is 2.11. The summed E-state index contributed by atoms with van der Waals surface area (Å²) in [5.41, 5.74) is 0.676. The predicted molar refractivity (Wildman–Crippen MR) is 65.8 cm³/mol. The first-order valence-electron chi connectivity index (χ1n) is 5.48. The van der Waals surface area contributed by atoms with E-state index in [1.165, 1.54) is 12.5 Å². The van der Waals surface area contributed by atoms with Gasteiger partial charge in [0.05, 0.1) is 12.1 Å². The Hall–Kier alpha value is -2.72. The van der Waals surface area contributed by atoms with E-state index in [1.807, 2.05) is 0 Å². The number of nitrogens with one attached hydrogen (secondary N) is 2. The van der Waals surface area contributed by atoms with Crippen LogP contribution in [0.3, 0.4) is 0 Å². The van der Waals surface area contributed by atoms with E-state index in [0.717, 1.165) is 0 Å². The molecule has 0 saturated carbocycles. The third-order valence-corrected chi connectivity index (χ3v) is 2.21. The second-order valence-electron chi connectivity index (χ2n) is 3.47. The first kappa shape index (κ1) is 12.7. The van der Waals surface area contributed by atoms with E-state index >= 15 is 0 Å². The zero-order chi connectivity index (χ0) is 13.5. The van der Waals surface area contributed by atoms with E-state index in [9.17, 15) is 4.79 Å². The molecule has 0 spiro atoms. The lowest BCUT2D eigenvalue weighted by Crippen LogP contribution is -2.25. The van der Waals surface area contributed by atoms with Gasteiger partial charge in [0.2, 0.25) is 0 Å². The van der Waals surface area contributed by atoms with Crippen LogP contribution in [-0.4, -0.2) is 37.8 Å². The van der Waals surface area contributed by atoms with Crippen LogP contribution in [0.25, 0.3) is 0 Å². The van der Waals surface area contributed by atoms with Gasteiger partial charge in [-0.25, -0.2) is 9.97 Å². The van der Waals surface area contributed by atoms with Crippen molar-refractivity contribution in [3.8, 4) is 11.8 Å². The number of nitrogens with zero attached hydrogens (tertiary/aromatic N) is 3. The molecule has 0 atom stereocenters. The van der Waals surface area contributed by atoms with Crippen molar-refractivity contribution in [1.82, 2.24) is 25.5 Å². The Bertz CT molecular complexity index is 613. The topological polar surface area (TPSA) is 104 Å². The number of hydrogen-bond donors (Lipinski definition) is 3. The van der Waals surface area contributed by atoms with E-state index in [1.54, 1.807) is 12.1 Å². The second kappa shape index (κ2) is 6.28. The van der Waals surface area contributed by atoms with Crippen molar-refractivity contribution in [2.75, 3.05) is 6.61 Å². The van der Waals surface area contributed by atoms with Crippen LogP contribution in [0.2, 0.25) is 0 Å². The predicted octanol–water partition coefficient (Wildman–Crippen LogP) is -0.527. The third kappa shape index (κ3) is 3.37. The molecule has 7 nitrogen and oxygen atoms in total. The van der Waals surface area contributed by atoms with Crippen LogP contribution in [0.1, 0.15) is 21.9 Å². The van der Waals surface area contributed by atoms with Crippen molar-refractivity contribution in [1.29, 1.82) is 0 Å². The van der Waals surface area contributed by atoms with Crippen LogP contribution in [0.5, 0.6) is 0 Å². The lowest BCUT2D eigenvalue weighted by molar-refractivity contribution is 0.0944. The largest absolute Gasteiger partial charge is 0.384 e. The molecule has 96 valence electrons. The van der Waals surface area contributed by atoms with E-state index in [2.05, 4.69) is 37.3 Å². The van der Waals surface area contributed by atoms with Gasteiger partial charge in [-0.05, 0) is 12.1 Å². The molecule has 7 heteroatoms. The number of aromatic amines is 1. The minimum Gasteiger partial charge on any atom is -0.384 e. The molecule has 0 bridgehead atoms. The molecule has 2 heterocycles. The maximum atomic E-state index is 12.0. The Balaban J connectivity index is 2.10. The number of amides is 1. The maximum absolute atomic E-state index is 12.0.